The van der Waals surface area contributed by atoms with E-state index in [2.05, 4.69) is 35.7 Å². The Morgan fingerprint density at radius 3 is 2.83 bits per heavy atom. The van der Waals surface area contributed by atoms with Crippen LogP contribution in [0.4, 0.5) is 16.0 Å². The van der Waals surface area contributed by atoms with Crippen molar-refractivity contribution in [2.45, 2.75) is 26.6 Å². The van der Waals surface area contributed by atoms with Crippen LogP contribution in [0.15, 0.2) is 45.9 Å². The second-order valence-electron chi connectivity index (χ2n) is 7.77. The van der Waals surface area contributed by atoms with Crippen molar-refractivity contribution >= 4 is 34.0 Å². The van der Waals surface area contributed by atoms with Gasteiger partial charge in [-0.1, -0.05) is 23.7 Å². The maximum absolute atomic E-state index is 13.6. The molecule has 5 rings (SSSR count). The van der Waals surface area contributed by atoms with Crippen LogP contribution in [-0.4, -0.2) is 34.9 Å². The van der Waals surface area contributed by atoms with Gasteiger partial charge in [0.1, 0.15) is 30.2 Å². The summed E-state index contributed by atoms with van der Waals surface area (Å²) in [4.78, 5) is 21.9. The number of aromatic nitrogens is 7. The van der Waals surface area contributed by atoms with E-state index in [4.69, 9.17) is 21.8 Å². The van der Waals surface area contributed by atoms with Crippen LogP contribution in [0.2, 0.25) is 5.02 Å². The average molecular weight is 496 g/mol. The SMILES string of the molecule is Cc1nnc(-c2c(N)ncnc2N[C@@H](C)c2cc3cccc(Cl)c3c(=O)n2-c2cc(CF)[nH]n2)o1. The Hall–Kier alpha value is -4.32. The molecule has 0 saturated carbocycles. The lowest BCUT2D eigenvalue weighted by atomic mass is 10.1. The van der Waals surface area contributed by atoms with Crippen LogP contribution in [0.25, 0.3) is 28.0 Å². The van der Waals surface area contributed by atoms with Gasteiger partial charge >= 0.3 is 0 Å². The largest absolute Gasteiger partial charge is 0.421 e. The van der Waals surface area contributed by atoms with Gasteiger partial charge in [0, 0.05) is 13.0 Å². The van der Waals surface area contributed by atoms with Crippen LogP contribution in [0.5, 0.6) is 0 Å². The Labute approximate surface area is 202 Å². The molecular weight excluding hydrogens is 477 g/mol. The number of halogens is 2. The van der Waals surface area contributed by atoms with Crippen LogP contribution in [0.1, 0.15) is 30.2 Å². The number of alkyl halides is 1. The van der Waals surface area contributed by atoms with E-state index in [0.29, 0.717) is 38.8 Å². The smallest absolute Gasteiger partial charge is 0.266 e. The zero-order valence-electron chi connectivity index (χ0n) is 18.6. The average Bonchev–Trinajstić information content (AvgIpc) is 3.48. The number of H-pyrrole nitrogens is 1. The first-order valence-electron chi connectivity index (χ1n) is 10.5. The third-order valence-electron chi connectivity index (χ3n) is 5.43. The second-order valence-corrected chi connectivity index (χ2v) is 8.18. The lowest BCUT2D eigenvalue weighted by Crippen LogP contribution is -2.26. The lowest BCUT2D eigenvalue weighted by Gasteiger charge is -2.21. The highest BCUT2D eigenvalue weighted by atomic mass is 35.5. The number of fused-ring (bicyclic) bond motifs is 1. The number of aryl methyl sites for hydroxylation is 1. The number of hydrogen-bond acceptors (Lipinski definition) is 9. The predicted molar refractivity (Wildman–Crippen MR) is 128 cm³/mol. The minimum atomic E-state index is -0.758. The summed E-state index contributed by atoms with van der Waals surface area (Å²) >= 11 is 6.35. The number of nitrogens with zero attached hydrogens (tertiary/aromatic N) is 6. The molecule has 13 heteroatoms. The Kier molecular flexibility index (Phi) is 5.65. The van der Waals surface area contributed by atoms with Crippen LogP contribution in [0.3, 0.4) is 0 Å². The number of nitrogens with two attached hydrogens (primary N) is 1. The first kappa shape index (κ1) is 22.5. The molecule has 4 heterocycles. The zero-order valence-corrected chi connectivity index (χ0v) is 19.3. The first-order chi connectivity index (χ1) is 16.9. The Morgan fingerprint density at radius 2 is 2.11 bits per heavy atom. The minimum absolute atomic E-state index is 0.140. The molecule has 4 N–H and O–H groups in total. The van der Waals surface area contributed by atoms with Gasteiger partial charge in [0.05, 0.1) is 27.8 Å². The van der Waals surface area contributed by atoms with Crippen molar-refractivity contribution in [1.82, 2.24) is 34.9 Å². The van der Waals surface area contributed by atoms with Gasteiger partial charge < -0.3 is 15.5 Å². The Morgan fingerprint density at radius 1 is 1.29 bits per heavy atom. The highest BCUT2D eigenvalue weighted by molar-refractivity contribution is 6.35. The molecule has 0 radical (unpaired) electrons. The molecule has 0 aliphatic carbocycles. The summed E-state index contributed by atoms with van der Waals surface area (Å²) in [6.45, 7) is 2.72. The molecular formula is C22H19ClFN9O2. The van der Waals surface area contributed by atoms with Gasteiger partial charge in [0.2, 0.25) is 5.89 Å². The third-order valence-corrected chi connectivity index (χ3v) is 5.74. The molecule has 0 spiro atoms. The number of aromatic amines is 1. The number of nitrogen functional groups attached to an aromatic ring is 1. The first-order valence-corrected chi connectivity index (χ1v) is 10.9. The standard InChI is InChI=1S/C22H19ClFN9O2/c1-10(28-20-18(19(25)26-9-27-20)21-32-29-11(2)35-21)15-6-12-4-3-5-14(23)17(12)22(34)33(15)16-7-13(8-24)30-31-16/h3-7,9-10H,8H2,1-2H3,(H,30,31)(H3,25,26,27,28)/t10-/m0/s1. The fourth-order valence-electron chi connectivity index (χ4n) is 3.82. The van der Waals surface area contributed by atoms with Crippen molar-refractivity contribution in [3.63, 3.8) is 0 Å². The summed E-state index contributed by atoms with van der Waals surface area (Å²) in [5.41, 5.74) is 6.78. The van der Waals surface area contributed by atoms with E-state index in [1.807, 2.05) is 13.0 Å². The van der Waals surface area contributed by atoms with Crippen LogP contribution in [0, 0.1) is 6.92 Å². The highest BCUT2D eigenvalue weighted by Gasteiger charge is 2.23. The van der Waals surface area contributed by atoms with Gasteiger partial charge in [0.25, 0.3) is 11.4 Å². The van der Waals surface area contributed by atoms with E-state index in [1.54, 1.807) is 25.1 Å². The van der Waals surface area contributed by atoms with Crippen molar-refractivity contribution < 1.29 is 8.81 Å². The number of hydrogen-bond donors (Lipinski definition) is 3. The van der Waals surface area contributed by atoms with Gasteiger partial charge in [-0.25, -0.2) is 14.4 Å². The quantitative estimate of drug-likeness (QED) is 0.319. The van der Waals surface area contributed by atoms with Gasteiger partial charge in [-0.15, -0.1) is 10.2 Å². The fourth-order valence-corrected chi connectivity index (χ4v) is 4.09. The van der Waals surface area contributed by atoms with E-state index < -0.39 is 18.3 Å². The number of anilines is 2. The fraction of sp³-hybridized carbons (Fsp3) is 0.182. The third kappa shape index (κ3) is 3.97. The predicted octanol–water partition coefficient (Wildman–Crippen LogP) is 3.74. The minimum Gasteiger partial charge on any atom is -0.421 e. The second kappa shape index (κ2) is 8.80. The number of rotatable bonds is 6. The number of benzene rings is 1. The highest BCUT2D eigenvalue weighted by Crippen LogP contribution is 2.33. The van der Waals surface area contributed by atoms with Crippen molar-refractivity contribution in [1.29, 1.82) is 0 Å². The summed E-state index contributed by atoms with van der Waals surface area (Å²) < 4.78 is 20.1. The van der Waals surface area contributed by atoms with Crippen molar-refractivity contribution in [3.05, 3.63) is 69.3 Å². The zero-order chi connectivity index (χ0) is 24.7. The van der Waals surface area contributed by atoms with E-state index in [-0.39, 0.29) is 23.2 Å². The van der Waals surface area contributed by atoms with Crippen molar-refractivity contribution in [3.8, 4) is 17.3 Å². The molecule has 0 bridgehead atoms. The molecule has 0 unspecified atom stereocenters. The summed E-state index contributed by atoms with van der Waals surface area (Å²) in [7, 11) is 0. The molecule has 0 fully saturated rings. The van der Waals surface area contributed by atoms with Crippen molar-refractivity contribution in [2.75, 3.05) is 11.1 Å². The molecule has 0 aliphatic heterocycles. The molecule has 0 aliphatic rings. The van der Waals surface area contributed by atoms with Crippen LogP contribution < -0.4 is 16.6 Å². The molecule has 35 heavy (non-hydrogen) atoms. The number of pyridine rings is 1. The summed E-state index contributed by atoms with van der Waals surface area (Å²) in [6.07, 6.45) is 1.30. The molecule has 178 valence electrons. The molecule has 0 saturated heterocycles. The maximum Gasteiger partial charge on any atom is 0.266 e. The van der Waals surface area contributed by atoms with Crippen LogP contribution in [-0.2, 0) is 6.67 Å². The van der Waals surface area contributed by atoms with E-state index in [1.165, 1.54) is 17.0 Å². The van der Waals surface area contributed by atoms with E-state index in [0.717, 1.165) is 0 Å². The summed E-state index contributed by atoms with van der Waals surface area (Å²) in [5, 5.41) is 19.1. The van der Waals surface area contributed by atoms with Gasteiger partial charge in [-0.2, -0.15) is 5.10 Å². The summed E-state index contributed by atoms with van der Waals surface area (Å²) in [6, 6.07) is 7.94. The molecule has 1 aromatic carbocycles. The van der Waals surface area contributed by atoms with Crippen molar-refractivity contribution in [2.24, 2.45) is 0 Å². The molecule has 4 aromatic heterocycles. The summed E-state index contributed by atoms with van der Waals surface area (Å²) in [5.74, 6) is 1.19. The Balaban J connectivity index is 1.67. The molecule has 5 aromatic rings. The maximum atomic E-state index is 13.6. The van der Waals surface area contributed by atoms with Gasteiger partial charge in [0.15, 0.2) is 5.82 Å². The Bertz CT molecular complexity index is 1610. The monoisotopic (exact) mass is 495 g/mol. The molecule has 1 atom stereocenters. The van der Waals surface area contributed by atoms with Gasteiger partial charge in [-0.3, -0.25) is 14.5 Å². The van der Waals surface area contributed by atoms with E-state index >= 15 is 0 Å². The normalized spacial score (nSPS) is 12.2. The topological polar surface area (TPSA) is 153 Å². The molecule has 0 amide bonds. The lowest BCUT2D eigenvalue weighted by molar-refractivity contribution is 0.475. The number of nitrogens with one attached hydrogen (secondary N) is 2. The van der Waals surface area contributed by atoms with Crippen LogP contribution >= 0.6 is 11.6 Å². The van der Waals surface area contributed by atoms with Gasteiger partial charge in [-0.05, 0) is 24.4 Å². The molecule has 11 nitrogen and oxygen atoms in total. The van der Waals surface area contributed by atoms with E-state index in [9.17, 15) is 9.18 Å².